The van der Waals surface area contributed by atoms with E-state index in [4.69, 9.17) is 0 Å². The van der Waals surface area contributed by atoms with Crippen LogP contribution in [0.5, 0.6) is 0 Å². The lowest BCUT2D eigenvalue weighted by Gasteiger charge is -2.18. The molecule has 0 aliphatic carbocycles. The number of nitrogens with one attached hydrogen (secondary N) is 1. The van der Waals surface area contributed by atoms with E-state index in [0.717, 1.165) is 24.4 Å². The molecule has 0 aliphatic heterocycles. The number of nitrogens with zero attached hydrogens (tertiary/aromatic N) is 2. The molecule has 0 fully saturated rings. The molecule has 16 heavy (non-hydrogen) atoms. The highest BCUT2D eigenvalue weighted by atomic mass is 15.0. The summed E-state index contributed by atoms with van der Waals surface area (Å²) < 4.78 is 0. The fraction of sp³-hybridized carbons (Fsp3) is 0.692. The molecule has 1 N–H and O–H groups in total. The van der Waals surface area contributed by atoms with Gasteiger partial charge in [-0.15, -0.1) is 0 Å². The molecule has 1 aromatic rings. The highest BCUT2D eigenvalue weighted by molar-refractivity contribution is 5.35. The van der Waals surface area contributed by atoms with E-state index in [0.29, 0.717) is 6.04 Å². The van der Waals surface area contributed by atoms with E-state index in [2.05, 4.69) is 56.0 Å². The van der Waals surface area contributed by atoms with Crippen LogP contribution in [0.15, 0.2) is 12.4 Å². The largest absolute Gasteiger partial charge is 0.368 e. The van der Waals surface area contributed by atoms with E-state index in [1.807, 2.05) is 0 Å². The van der Waals surface area contributed by atoms with Crippen LogP contribution in [0.2, 0.25) is 0 Å². The van der Waals surface area contributed by atoms with Gasteiger partial charge in [0.05, 0.1) is 0 Å². The molecule has 0 amide bonds. The lowest BCUT2D eigenvalue weighted by molar-refractivity contribution is 0.406. The van der Waals surface area contributed by atoms with Gasteiger partial charge in [0.25, 0.3) is 0 Å². The van der Waals surface area contributed by atoms with Gasteiger partial charge in [-0.25, -0.2) is 9.97 Å². The summed E-state index contributed by atoms with van der Waals surface area (Å²) in [5, 5.41) is 3.37. The topological polar surface area (TPSA) is 37.8 Å². The van der Waals surface area contributed by atoms with Crippen molar-refractivity contribution in [1.82, 2.24) is 9.97 Å². The fourth-order valence-corrected chi connectivity index (χ4v) is 1.47. The van der Waals surface area contributed by atoms with Gasteiger partial charge in [-0.1, -0.05) is 27.7 Å². The van der Waals surface area contributed by atoms with Crippen LogP contribution in [0.1, 0.15) is 46.7 Å². The lowest BCUT2D eigenvalue weighted by Crippen LogP contribution is -2.16. The second kappa shape index (κ2) is 5.28. The Morgan fingerprint density at radius 2 is 2.00 bits per heavy atom. The van der Waals surface area contributed by atoms with Crippen molar-refractivity contribution < 1.29 is 0 Å². The molecule has 1 unspecified atom stereocenters. The minimum absolute atomic E-state index is 0.266. The normalized spacial score (nSPS) is 13.6. The summed E-state index contributed by atoms with van der Waals surface area (Å²) in [5.74, 6) is 0.934. The molecule has 1 atom stereocenters. The molecule has 0 bridgehead atoms. The van der Waals surface area contributed by atoms with Crippen molar-refractivity contribution in [3.8, 4) is 0 Å². The molecule has 0 saturated carbocycles. The average molecular weight is 221 g/mol. The Labute approximate surface area is 98.7 Å². The van der Waals surface area contributed by atoms with Gasteiger partial charge in [0.15, 0.2) is 0 Å². The highest BCUT2D eigenvalue weighted by Gasteiger charge is 2.12. The number of rotatable bonds is 4. The highest BCUT2D eigenvalue weighted by Crippen LogP contribution is 2.20. The Bertz CT molecular complexity index is 328. The molecule has 1 aromatic heterocycles. The van der Waals surface area contributed by atoms with Gasteiger partial charge in [0.1, 0.15) is 12.1 Å². The first-order valence-electron chi connectivity index (χ1n) is 5.98. The fourth-order valence-electron chi connectivity index (χ4n) is 1.47. The third-order valence-electron chi connectivity index (χ3n) is 2.44. The Kier molecular flexibility index (Phi) is 4.27. The predicted molar refractivity (Wildman–Crippen MR) is 68.6 cm³/mol. The van der Waals surface area contributed by atoms with Crippen molar-refractivity contribution in [2.75, 3.05) is 5.32 Å². The minimum Gasteiger partial charge on any atom is -0.368 e. The molecule has 3 heteroatoms. The van der Waals surface area contributed by atoms with Crippen molar-refractivity contribution in [3.63, 3.8) is 0 Å². The van der Waals surface area contributed by atoms with Crippen LogP contribution in [-0.4, -0.2) is 16.0 Å². The summed E-state index contributed by atoms with van der Waals surface area (Å²) in [7, 11) is 0. The van der Waals surface area contributed by atoms with E-state index in [1.165, 1.54) is 0 Å². The van der Waals surface area contributed by atoms with Gasteiger partial charge in [-0.05, 0) is 25.2 Å². The summed E-state index contributed by atoms with van der Waals surface area (Å²) in [4.78, 5) is 8.54. The zero-order valence-electron chi connectivity index (χ0n) is 11.0. The Balaban J connectivity index is 2.71. The van der Waals surface area contributed by atoms with Crippen molar-refractivity contribution in [2.45, 2.75) is 53.5 Å². The first-order chi connectivity index (χ1) is 7.40. The summed E-state index contributed by atoms with van der Waals surface area (Å²) in [6.07, 6.45) is 3.72. The van der Waals surface area contributed by atoms with Gasteiger partial charge in [-0.2, -0.15) is 0 Å². The SMILES string of the molecule is CCC(C)Nc1cc(CC(C)(C)C)ncn1. The van der Waals surface area contributed by atoms with Crippen LogP contribution in [0, 0.1) is 5.41 Å². The van der Waals surface area contributed by atoms with E-state index in [9.17, 15) is 0 Å². The first kappa shape index (κ1) is 12.9. The first-order valence-corrected chi connectivity index (χ1v) is 5.98. The molecule has 1 rings (SSSR count). The third-order valence-corrected chi connectivity index (χ3v) is 2.44. The van der Waals surface area contributed by atoms with Crippen LogP contribution in [0.3, 0.4) is 0 Å². The average Bonchev–Trinajstić information content (AvgIpc) is 2.15. The molecular formula is C13H23N3. The van der Waals surface area contributed by atoms with Gasteiger partial charge >= 0.3 is 0 Å². The summed E-state index contributed by atoms with van der Waals surface area (Å²) in [6.45, 7) is 11.0. The smallest absolute Gasteiger partial charge is 0.129 e. The van der Waals surface area contributed by atoms with Gasteiger partial charge in [-0.3, -0.25) is 0 Å². The van der Waals surface area contributed by atoms with E-state index in [1.54, 1.807) is 6.33 Å². The van der Waals surface area contributed by atoms with Crippen LogP contribution in [-0.2, 0) is 6.42 Å². The van der Waals surface area contributed by atoms with E-state index < -0.39 is 0 Å². The molecule has 0 spiro atoms. The maximum absolute atomic E-state index is 4.31. The summed E-state index contributed by atoms with van der Waals surface area (Å²) in [5.41, 5.74) is 1.37. The maximum Gasteiger partial charge on any atom is 0.129 e. The van der Waals surface area contributed by atoms with Crippen LogP contribution in [0.25, 0.3) is 0 Å². The van der Waals surface area contributed by atoms with E-state index in [-0.39, 0.29) is 5.41 Å². The molecular weight excluding hydrogens is 198 g/mol. The summed E-state index contributed by atoms with van der Waals surface area (Å²) >= 11 is 0. The number of hydrogen-bond acceptors (Lipinski definition) is 3. The van der Waals surface area contributed by atoms with E-state index >= 15 is 0 Å². The Morgan fingerprint density at radius 3 is 2.56 bits per heavy atom. The van der Waals surface area contributed by atoms with Crippen LogP contribution in [0.4, 0.5) is 5.82 Å². The van der Waals surface area contributed by atoms with Crippen LogP contribution < -0.4 is 5.32 Å². The molecule has 0 saturated heterocycles. The summed E-state index contributed by atoms with van der Waals surface area (Å²) in [6, 6.07) is 2.51. The quantitative estimate of drug-likeness (QED) is 0.848. The van der Waals surface area contributed by atoms with Crippen molar-refractivity contribution in [2.24, 2.45) is 5.41 Å². The molecule has 90 valence electrons. The van der Waals surface area contributed by atoms with Crippen LogP contribution >= 0.6 is 0 Å². The molecule has 0 aromatic carbocycles. The van der Waals surface area contributed by atoms with Gasteiger partial charge < -0.3 is 5.32 Å². The van der Waals surface area contributed by atoms with Gasteiger partial charge in [0.2, 0.25) is 0 Å². The van der Waals surface area contributed by atoms with Crippen molar-refractivity contribution in [3.05, 3.63) is 18.1 Å². The van der Waals surface area contributed by atoms with Crippen molar-refractivity contribution >= 4 is 5.82 Å². The Morgan fingerprint density at radius 1 is 1.31 bits per heavy atom. The standard InChI is InChI=1S/C13H23N3/c1-6-10(2)16-12-7-11(14-9-15-12)8-13(3,4)5/h7,9-10H,6,8H2,1-5H3,(H,14,15,16). The zero-order chi connectivity index (χ0) is 12.2. The minimum atomic E-state index is 0.266. The monoisotopic (exact) mass is 221 g/mol. The number of aromatic nitrogens is 2. The lowest BCUT2D eigenvalue weighted by atomic mass is 9.90. The maximum atomic E-state index is 4.31. The molecule has 3 nitrogen and oxygen atoms in total. The number of hydrogen-bond donors (Lipinski definition) is 1. The molecule has 1 heterocycles. The van der Waals surface area contributed by atoms with Gasteiger partial charge in [0, 0.05) is 17.8 Å². The predicted octanol–water partition coefficient (Wildman–Crippen LogP) is 3.28. The molecule has 0 radical (unpaired) electrons. The zero-order valence-corrected chi connectivity index (χ0v) is 11.0. The molecule has 0 aliphatic rings. The Hall–Kier alpha value is -1.12. The third kappa shape index (κ3) is 4.60. The second-order valence-electron chi connectivity index (χ2n) is 5.59. The number of anilines is 1. The second-order valence-corrected chi connectivity index (χ2v) is 5.59. The van der Waals surface area contributed by atoms with Crippen molar-refractivity contribution in [1.29, 1.82) is 0 Å².